The van der Waals surface area contributed by atoms with Gasteiger partial charge in [-0.2, -0.15) is 0 Å². The molecular formula is C24H28N6O7. The summed E-state index contributed by atoms with van der Waals surface area (Å²) < 4.78 is 10.4. The van der Waals surface area contributed by atoms with Gasteiger partial charge in [-0.15, -0.1) is 0 Å². The van der Waals surface area contributed by atoms with Crippen LogP contribution in [0.15, 0.2) is 53.4 Å². The Morgan fingerprint density at radius 1 is 1.19 bits per heavy atom. The molecule has 0 aliphatic heterocycles. The van der Waals surface area contributed by atoms with Crippen LogP contribution in [0.3, 0.4) is 0 Å². The molecule has 0 fully saturated rings. The molecule has 0 spiro atoms. The number of aromatic nitrogens is 2. The van der Waals surface area contributed by atoms with Gasteiger partial charge in [0.05, 0.1) is 37.2 Å². The third kappa shape index (κ3) is 8.19. The number of ether oxygens (including phenoxy) is 1. The number of esters is 1. The molecule has 1 amide bonds. The normalized spacial score (nSPS) is 10.5. The smallest absolute Gasteiger partial charge is 0.353 e. The van der Waals surface area contributed by atoms with E-state index in [-0.39, 0.29) is 74.6 Å². The minimum Gasteiger partial charge on any atom is -0.508 e. The molecule has 0 aliphatic carbocycles. The van der Waals surface area contributed by atoms with Gasteiger partial charge < -0.3 is 29.8 Å². The molecule has 1 aromatic carbocycles. The van der Waals surface area contributed by atoms with Gasteiger partial charge in [0.2, 0.25) is 17.5 Å². The van der Waals surface area contributed by atoms with E-state index in [0.717, 1.165) is 5.56 Å². The Morgan fingerprint density at radius 3 is 2.65 bits per heavy atom. The number of carbonyl (C=O) groups is 2. The molecule has 2 aromatic heterocycles. The SMILES string of the molecule is CCOC(=O)CCN(Cc1ccco1)c1ncnc(NCCNC(=O)Cc2ccc(O)cc2)c1[N+](=O)[O-]. The zero-order valence-corrected chi connectivity index (χ0v) is 20.3. The van der Waals surface area contributed by atoms with Crippen LogP contribution in [-0.4, -0.2) is 58.1 Å². The number of rotatable bonds is 14. The second kappa shape index (κ2) is 13.4. The van der Waals surface area contributed by atoms with E-state index in [2.05, 4.69) is 20.6 Å². The van der Waals surface area contributed by atoms with Gasteiger partial charge in [0.1, 0.15) is 17.8 Å². The number of phenolic OH excluding ortho intramolecular Hbond substituents is 1. The average Bonchev–Trinajstić information content (AvgIpc) is 3.39. The van der Waals surface area contributed by atoms with Gasteiger partial charge in [0, 0.05) is 19.6 Å². The zero-order chi connectivity index (χ0) is 26.6. The number of carbonyl (C=O) groups excluding carboxylic acids is 2. The summed E-state index contributed by atoms with van der Waals surface area (Å²) in [6.45, 7) is 2.51. The Bertz CT molecular complexity index is 1180. The van der Waals surface area contributed by atoms with E-state index < -0.39 is 10.9 Å². The van der Waals surface area contributed by atoms with Crippen LogP contribution in [0.1, 0.15) is 24.7 Å². The highest BCUT2D eigenvalue weighted by Gasteiger charge is 2.28. The molecule has 0 saturated heterocycles. The number of furan rings is 1. The molecule has 0 radical (unpaired) electrons. The lowest BCUT2D eigenvalue weighted by atomic mass is 10.1. The van der Waals surface area contributed by atoms with E-state index >= 15 is 0 Å². The monoisotopic (exact) mass is 512 g/mol. The maximum atomic E-state index is 12.2. The summed E-state index contributed by atoms with van der Waals surface area (Å²) in [6, 6.07) is 9.70. The summed E-state index contributed by atoms with van der Waals surface area (Å²) in [7, 11) is 0. The summed E-state index contributed by atoms with van der Waals surface area (Å²) in [4.78, 5) is 45.2. The number of anilines is 2. The first kappa shape index (κ1) is 26.9. The Balaban J connectivity index is 1.67. The second-order valence-electron chi connectivity index (χ2n) is 7.83. The fourth-order valence-corrected chi connectivity index (χ4v) is 3.45. The van der Waals surface area contributed by atoms with E-state index in [1.165, 1.54) is 24.7 Å². The van der Waals surface area contributed by atoms with E-state index in [0.29, 0.717) is 5.76 Å². The maximum absolute atomic E-state index is 12.2. The Morgan fingerprint density at radius 2 is 1.97 bits per heavy atom. The summed E-state index contributed by atoms with van der Waals surface area (Å²) in [5.74, 6) is -0.0488. The van der Waals surface area contributed by atoms with Crippen molar-refractivity contribution in [2.75, 3.05) is 36.5 Å². The highest BCUT2D eigenvalue weighted by molar-refractivity contribution is 5.78. The van der Waals surface area contributed by atoms with Crippen molar-refractivity contribution in [1.29, 1.82) is 0 Å². The van der Waals surface area contributed by atoms with Crippen molar-refractivity contribution >= 4 is 29.2 Å². The molecule has 3 N–H and O–H groups in total. The van der Waals surface area contributed by atoms with Crippen molar-refractivity contribution in [2.45, 2.75) is 26.3 Å². The lowest BCUT2D eigenvalue weighted by molar-refractivity contribution is -0.383. The Kier molecular flexibility index (Phi) is 9.76. The molecule has 3 rings (SSSR count). The van der Waals surface area contributed by atoms with Crippen LogP contribution >= 0.6 is 0 Å². The number of nitrogens with zero attached hydrogens (tertiary/aromatic N) is 4. The summed E-state index contributed by atoms with van der Waals surface area (Å²) in [5.41, 5.74) is 0.368. The molecule has 13 heteroatoms. The number of nitrogens with one attached hydrogen (secondary N) is 2. The highest BCUT2D eigenvalue weighted by Crippen LogP contribution is 2.32. The molecule has 196 valence electrons. The zero-order valence-electron chi connectivity index (χ0n) is 20.3. The molecule has 0 atom stereocenters. The van der Waals surface area contributed by atoms with Gasteiger partial charge in [0.15, 0.2) is 0 Å². The number of hydrogen-bond acceptors (Lipinski definition) is 11. The van der Waals surface area contributed by atoms with Crippen LogP contribution in [0, 0.1) is 10.1 Å². The number of hydrogen-bond donors (Lipinski definition) is 3. The maximum Gasteiger partial charge on any atom is 0.353 e. The van der Waals surface area contributed by atoms with E-state index in [4.69, 9.17) is 9.15 Å². The van der Waals surface area contributed by atoms with Gasteiger partial charge in [-0.3, -0.25) is 19.7 Å². The fourth-order valence-electron chi connectivity index (χ4n) is 3.45. The van der Waals surface area contributed by atoms with Crippen LogP contribution in [0.2, 0.25) is 0 Å². The Hall–Kier alpha value is -4.68. The van der Waals surface area contributed by atoms with Crippen molar-refractivity contribution in [3.8, 4) is 5.75 Å². The first-order chi connectivity index (χ1) is 17.9. The van der Waals surface area contributed by atoms with Crippen LogP contribution < -0.4 is 15.5 Å². The largest absolute Gasteiger partial charge is 0.508 e. The standard InChI is InChI=1S/C24H28N6O7/c1-2-36-21(33)9-12-29(15-19-4-3-13-37-19)24-22(30(34)35)23(27-16-28-24)26-11-10-25-20(32)14-17-5-7-18(31)8-6-17/h3-8,13,16,31H,2,9-12,14-15H2,1H3,(H,25,32)(H,26,27,28). The number of nitro groups is 1. The van der Waals surface area contributed by atoms with Gasteiger partial charge in [-0.1, -0.05) is 12.1 Å². The average molecular weight is 513 g/mol. The number of phenols is 1. The first-order valence-corrected chi connectivity index (χ1v) is 11.6. The van der Waals surface area contributed by atoms with E-state index in [1.54, 1.807) is 36.1 Å². The second-order valence-corrected chi connectivity index (χ2v) is 7.83. The lowest BCUT2D eigenvalue weighted by Crippen LogP contribution is -2.30. The molecule has 3 aromatic rings. The van der Waals surface area contributed by atoms with Gasteiger partial charge in [-0.05, 0) is 36.8 Å². The van der Waals surface area contributed by atoms with Crippen molar-refractivity contribution in [3.63, 3.8) is 0 Å². The molecule has 0 bridgehead atoms. The van der Waals surface area contributed by atoms with E-state index in [1.807, 2.05) is 0 Å². The molecular weight excluding hydrogens is 484 g/mol. The van der Waals surface area contributed by atoms with E-state index in [9.17, 15) is 24.8 Å². The lowest BCUT2D eigenvalue weighted by Gasteiger charge is -2.22. The third-order valence-electron chi connectivity index (χ3n) is 5.14. The quantitative estimate of drug-likeness (QED) is 0.125. The Labute approximate surface area is 212 Å². The van der Waals surface area contributed by atoms with Gasteiger partial charge in [0.25, 0.3) is 0 Å². The van der Waals surface area contributed by atoms with Crippen molar-refractivity contribution in [2.24, 2.45) is 0 Å². The van der Waals surface area contributed by atoms with Gasteiger partial charge >= 0.3 is 11.7 Å². The summed E-state index contributed by atoms with van der Waals surface area (Å²) in [5, 5.41) is 26.9. The molecule has 0 aliphatic rings. The number of amides is 1. The predicted molar refractivity (Wildman–Crippen MR) is 133 cm³/mol. The molecule has 0 unspecified atom stereocenters. The summed E-state index contributed by atoms with van der Waals surface area (Å²) in [6.07, 6.45) is 2.79. The minimum absolute atomic E-state index is 0.00840. The van der Waals surface area contributed by atoms with Crippen LogP contribution in [0.25, 0.3) is 0 Å². The van der Waals surface area contributed by atoms with Crippen LogP contribution in [0.4, 0.5) is 17.3 Å². The van der Waals surface area contributed by atoms with Crippen LogP contribution in [0.5, 0.6) is 5.75 Å². The van der Waals surface area contributed by atoms with Gasteiger partial charge in [-0.25, -0.2) is 9.97 Å². The number of aromatic hydroxyl groups is 1. The summed E-state index contributed by atoms with van der Waals surface area (Å²) >= 11 is 0. The topological polar surface area (TPSA) is 173 Å². The van der Waals surface area contributed by atoms with Crippen LogP contribution in [-0.2, 0) is 27.3 Å². The first-order valence-electron chi connectivity index (χ1n) is 11.6. The van der Waals surface area contributed by atoms with Crippen molar-refractivity contribution in [3.05, 3.63) is 70.4 Å². The molecule has 37 heavy (non-hydrogen) atoms. The minimum atomic E-state index is -0.597. The molecule has 13 nitrogen and oxygen atoms in total. The molecule has 2 heterocycles. The third-order valence-corrected chi connectivity index (χ3v) is 5.14. The predicted octanol–water partition coefficient (Wildman–Crippen LogP) is 2.41. The highest BCUT2D eigenvalue weighted by atomic mass is 16.6. The number of benzene rings is 1. The fraction of sp³-hybridized carbons (Fsp3) is 0.333. The van der Waals surface area contributed by atoms with Crippen molar-refractivity contribution in [1.82, 2.24) is 15.3 Å². The van der Waals surface area contributed by atoms with Crippen molar-refractivity contribution < 1.29 is 28.8 Å². The molecule has 0 saturated carbocycles.